The molecular formula is C13H15N3OS. The van der Waals surface area contributed by atoms with E-state index >= 15 is 0 Å². The predicted octanol–water partition coefficient (Wildman–Crippen LogP) is 2.96. The summed E-state index contributed by atoms with van der Waals surface area (Å²) in [6, 6.07) is 9.22. The molecule has 0 saturated heterocycles. The number of urea groups is 1. The molecule has 0 aliphatic carbocycles. The molecule has 1 aromatic carbocycles. The molecule has 1 aromatic heterocycles. The van der Waals surface area contributed by atoms with E-state index in [9.17, 15) is 4.79 Å². The number of anilines is 2. The topological polar surface area (TPSA) is 67.2 Å². The Bertz CT molecular complexity index is 537. The molecule has 18 heavy (non-hydrogen) atoms. The Morgan fingerprint density at radius 3 is 2.89 bits per heavy atom. The third kappa shape index (κ3) is 3.24. The van der Waals surface area contributed by atoms with Gasteiger partial charge in [0.1, 0.15) is 0 Å². The van der Waals surface area contributed by atoms with Crippen molar-refractivity contribution in [1.29, 1.82) is 0 Å². The average Bonchev–Trinajstić information content (AvgIpc) is 2.83. The van der Waals surface area contributed by atoms with Crippen LogP contribution in [0.2, 0.25) is 0 Å². The Labute approximate surface area is 110 Å². The van der Waals surface area contributed by atoms with Gasteiger partial charge in [-0.1, -0.05) is 12.1 Å². The fraction of sp³-hybridized carbons (Fsp3) is 0.154. The number of nitrogens with one attached hydrogen (secondary N) is 2. The first-order valence-corrected chi connectivity index (χ1v) is 6.46. The van der Waals surface area contributed by atoms with Gasteiger partial charge in [0.2, 0.25) is 0 Å². The van der Waals surface area contributed by atoms with Crippen LogP contribution in [0.5, 0.6) is 0 Å². The zero-order valence-corrected chi connectivity index (χ0v) is 10.9. The second-order valence-corrected chi connectivity index (χ2v) is 5.01. The van der Waals surface area contributed by atoms with E-state index in [0.717, 1.165) is 10.4 Å². The summed E-state index contributed by atoms with van der Waals surface area (Å²) in [6.45, 7) is 2.48. The summed E-state index contributed by atoms with van der Waals surface area (Å²) in [7, 11) is 0. The Hall–Kier alpha value is -2.01. The number of nitrogens with two attached hydrogens (primary N) is 1. The van der Waals surface area contributed by atoms with Gasteiger partial charge in [0.25, 0.3) is 0 Å². The number of rotatable bonds is 3. The molecular weight excluding hydrogens is 246 g/mol. The lowest BCUT2D eigenvalue weighted by Gasteiger charge is -2.09. The summed E-state index contributed by atoms with van der Waals surface area (Å²) < 4.78 is 0. The van der Waals surface area contributed by atoms with Crippen LogP contribution in [0.25, 0.3) is 0 Å². The lowest BCUT2D eigenvalue weighted by Crippen LogP contribution is -2.28. The Kier molecular flexibility index (Phi) is 3.84. The predicted molar refractivity (Wildman–Crippen MR) is 75.8 cm³/mol. The van der Waals surface area contributed by atoms with Gasteiger partial charge in [-0.05, 0) is 36.1 Å². The van der Waals surface area contributed by atoms with Gasteiger partial charge >= 0.3 is 6.03 Å². The molecule has 1 heterocycles. The lowest BCUT2D eigenvalue weighted by molar-refractivity contribution is 0.252. The van der Waals surface area contributed by atoms with Crippen molar-refractivity contribution < 1.29 is 4.79 Å². The van der Waals surface area contributed by atoms with Crippen molar-refractivity contribution in [2.45, 2.75) is 13.5 Å². The summed E-state index contributed by atoms with van der Waals surface area (Å²) in [5, 5.41) is 7.49. The Morgan fingerprint density at radius 2 is 2.22 bits per heavy atom. The van der Waals surface area contributed by atoms with E-state index in [0.29, 0.717) is 17.9 Å². The summed E-state index contributed by atoms with van der Waals surface area (Å²) >= 11 is 1.61. The number of thiophene rings is 1. The molecule has 0 atom stereocenters. The lowest BCUT2D eigenvalue weighted by atomic mass is 10.2. The minimum absolute atomic E-state index is 0.251. The van der Waals surface area contributed by atoms with Crippen molar-refractivity contribution in [2.75, 3.05) is 11.1 Å². The molecule has 0 bridgehead atoms. The first-order valence-electron chi connectivity index (χ1n) is 5.58. The maximum absolute atomic E-state index is 11.7. The first-order chi connectivity index (χ1) is 8.65. The van der Waals surface area contributed by atoms with Crippen molar-refractivity contribution in [3.63, 3.8) is 0 Å². The van der Waals surface area contributed by atoms with Crippen LogP contribution in [0.1, 0.15) is 10.4 Å². The van der Waals surface area contributed by atoms with Crippen LogP contribution in [0.3, 0.4) is 0 Å². The zero-order chi connectivity index (χ0) is 13.0. The van der Waals surface area contributed by atoms with Crippen LogP contribution < -0.4 is 16.4 Å². The van der Waals surface area contributed by atoms with E-state index in [1.165, 1.54) is 0 Å². The van der Waals surface area contributed by atoms with E-state index in [1.54, 1.807) is 17.4 Å². The number of amides is 2. The minimum atomic E-state index is -0.251. The van der Waals surface area contributed by atoms with Crippen LogP contribution in [-0.4, -0.2) is 6.03 Å². The van der Waals surface area contributed by atoms with Crippen molar-refractivity contribution >= 4 is 28.7 Å². The summed E-state index contributed by atoms with van der Waals surface area (Å²) in [5.41, 5.74) is 8.09. The molecule has 4 N–H and O–H groups in total. The number of nitrogen functional groups attached to an aromatic ring is 1. The van der Waals surface area contributed by atoms with Gasteiger partial charge in [-0.3, -0.25) is 0 Å². The quantitative estimate of drug-likeness (QED) is 0.744. The molecule has 2 aromatic rings. The van der Waals surface area contributed by atoms with Gasteiger partial charge in [0, 0.05) is 4.88 Å². The highest BCUT2D eigenvalue weighted by Gasteiger charge is 2.04. The van der Waals surface area contributed by atoms with Gasteiger partial charge in [0.05, 0.1) is 17.9 Å². The highest BCUT2D eigenvalue weighted by molar-refractivity contribution is 7.09. The van der Waals surface area contributed by atoms with Gasteiger partial charge in [0.15, 0.2) is 0 Å². The molecule has 0 unspecified atom stereocenters. The second kappa shape index (κ2) is 5.55. The number of benzene rings is 1. The molecule has 4 nitrogen and oxygen atoms in total. The van der Waals surface area contributed by atoms with E-state index in [2.05, 4.69) is 10.6 Å². The number of carbonyl (C=O) groups excluding carboxylic acids is 1. The van der Waals surface area contributed by atoms with Crippen molar-refractivity contribution in [3.8, 4) is 0 Å². The molecule has 0 spiro atoms. The fourth-order valence-electron chi connectivity index (χ4n) is 1.54. The molecule has 5 heteroatoms. The molecule has 0 radical (unpaired) electrons. The highest BCUT2D eigenvalue weighted by Crippen LogP contribution is 2.19. The maximum atomic E-state index is 11.7. The van der Waals surface area contributed by atoms with Gasteiger partial charge in [-0.15, -0.1) is 11.3 Å². The third-order valence-corrected chi connectivity index (χ3v) is 3.33. The van der Waals surface area contributed by atoms with Crippen molar-refractivity contribution in [3.05, 3.63) is 46.2 Å². The normalized spacial score (nSPS) is 10.1. The molecule has 0 fully saturated rings. The summed E-state index contributed by atoms with van der Waals surface area (Å²) in [6.07, 6.45) is 0. The maximum Gasteiger partial charge on any atom is 0.319 e. The van der Waals surface area contributed by atoms with Gasteiger partial charge in [-0.2, -0.15) is 0 Å². The Morgan fingerprint density at radius 1 is 1.39 bits per heavy atom. The average molecular weight is 261 g/mol. The highest BCUT2D eigenvalue weighted by atomic mass is 32.1. The molecule has 0 aliphatic rings. The number of carbonyl (C=O) groups is 1. The number of hydrogen-bond acceptors (Lipinski definition) is 3. The van der Waals surface area contributed by atoms with Gasteiger partial charge in [-0.25, -0.2) is 4.79 Å². The van der Waals surface area contributed by atoms with E-state index < -0.39 is 0 Å². The summed E-state index contributed by atoms with van der Waals surface area (Å²) in [5.74, 6) is 0. The molecule has 94 valence electrons. The zero-order valence-electron chi connectivity index (χ0n) is 10.1. The molecule has 2 rings (SSSR count). The van der Waals surface area contributed by atoms with Crippen LogP contribution in [0, 0.1) is 6.92 Å². The molecule has 0 saturated carbocycles. The van der Waals surface area contributed by atoms with Crippen LogP contribution in [0.4, 0.5) is 16.2 Å². The van der Waals surface area contributed by atoms with E-state index in [4.69, 9.17) is 5.73 Å². The molecule has 0 aliphatic heterocycles. The minimum Gasteiger partial charge on any atom is -0.397 e. The summed E-state index contributed by atoms with van der Waals surface area (Å²) in [4.78, 5) is 12.8. The first kappa shape index (κ1) is 12.4. The third-order valence-electron chi connectivity index (χ3n) is 2.46. The molecule has 2 amide bonds. The standard InChI is InChI=1S/C13H15N3OS/c1-9-4-5-12(11(14)7-9)16-13(17)15-8-10-3-2-6-18-10/h2-7H,8,14H2,1H3,(H2,15,16,17). The Balaban J connectivity index is 1.91. The van der Waals surface area contributed by atoms with Crippen LogP contribution >= 0.6 is 11.3 Å². The van der Waals surface area contributed by atoms with Crippen molar-refractivity contribution in [2.24, 2.45) is 0 Å². The number of aryl methyl sites for hydroxylation is 1. The second-order valence-electron chi connectivity index (χ2n) is 3.98. The largest absolute Gasteiger partial charge is 0.397 e. The van der Waals surface area contributed by atoms with E-state index in [1.807, 2.05) is 36.6 Å². The van der Waals surface area contributed by atoms with Gasteiger partial charge < -0.3 is 16.4 Å². The monoisotopic (exact) mass is 261 g/mol. The van der Waals surface area contributed by atoms with Crippen LogP contribution in [0.15, 0.2) is 35.7 Å². The smallest absolute Gasteiger partial charge is 0.319 e. The number of hydrogen-bond donors (Lipinski definition) is 3. The van der Waals surface area contributed by atoms with E-state index in [-0.39, 0.29) is 6.03 Å². The fourth-order valence-corrected chi connectivity index (χ4v) is 2.19. The SMILES string of the molecule is Cc1ccc(NC(=O)NCc2cccs2)c(N)c1. The van der Waals surface area contributed by atoms with Crippen LogP contribution in [-0.2, 0) is 6.54 Å². The van der Waals surface area contributed by atoms with Crippen molar-refractivity contribution in [1.82, 2.24) is 5.32 Å².